The van der Waals surface area contributed by atoms with Crippen LogP contribution >= 0.6 is 0 Å². The number of hydrogen-bond acceptors (Lipinski definition) is 42. The van der Waals surface area contributed by atoms with Crippen LogP contribution in [0.5, 0.6) is 0 Å². The molecule has 103 heavy (non-hydrogen) atoms. The number of aliphatic hydroxyl groups excluding tert-OH is 23. The third-order valence-corrected chi connectivity index (χ3v) is 18.8. The van der Waals surface area contributed by atoms with Crippen molar-refractivity contribution in [3.05, 3.63) is 0 Å². The van der Waals surface area contributed by atoms with Gasteiger partial charge in [-0.1, -0.05) is 0 Å². The highest BCUT2D eigenvalue weighted by molar-refractivity contribution is 5.77. The summed E-state index contributed by atoms with van der Waals surface area (Å²) in [5.74, 6) is -8.58. The van der Waals surface area contributed by atoms with Gasteiger partial charge in [0.1, 0.15) is 183 Å². The molecule has 46 nitrogen and oxygen atoms in total. The van der Waals surface area contributed by atoms with Gasteiger partial charge in [-0.2, -0.15) is 0 Å². The molecule has 8 unspecified atom stereocenters. The number of aliphatic carboxylic acids is 1. The SMILES string of the molecule is CC(=O)N[C@H]1[C@H]([C@H](O)[C@H](O)CO)OC(O[C@H]2[C@H](OC3O[C@H](CO)[C@H](O)[C@H](O)[C@H]3O)[C@@H](NC(C)=O)C(O[C@H]3[C@H](O)[C@@H](COC4O[C@H](CO)[C@@H](O)[C@H](OC5O[C@H](CO)[C@H](O)[C@H](O)[C@H]5OC5O[C@@H](C)[C@@H](O)[C@@H](O)[C@@H]5O)[C@H]4NC(C)=O)OC(O[C@H]4[C@H](O)[C@@H](O)C(O)O[C@@H]4CO)[C@@H]3O)O[C@@H]2CO)(C(=O)O)C[C@@H]1O. The van der Waals surface area contributed by atoms with Crippen molar-refractivity contribution in [1.82, 2.24) is 16.0 Å². The summed E-state index contributed by atoms with van der Waals surface area (Å²) < 4.78 is 88.8. The molecule has 46 heteroatoms. The molecule has 0 aromatic rings. The molecule has 0 spiro atoms. The smallest absolute Gasteiger partial charge is 0.364 e. The zero-order chi connectivity index (χ0) is 76.3. The number of carboxylic acids is 1. The van der Waals surface area contributed by atoms with Gasteiger partial charge in [0.2, 0.25) is 17.7 Å². The minimum absolute atomic E-state index is 0.841. The Hall–Kier alpha value is -3.64. The number of rotatable bonds is 27. The molecule has 596 valence electrons. The Labute approximate surface area is 582 Å². The second-order valence-corrected chi connectivity index (χ2v) is 26.0. The molecular weight excluding hydrogens is 1410 g/mol. The monoisotopic (exact) mass is 1510 g/mol. The van der Waals surface area contributed by atoms with Crippen molar-refractivity contribution in [3.8, 4) is 0 Å². The number of hydrogen-bond donors (Lipinski definition) is 27. The number of nitrogens with one attached hydrogen (secondary N) is 3. The van der Waals surface area contributed by atoms with E-state index in [1.54, 1.807) is 0 Å². The Balaban J connectivity index is 1.18. The third-order valence-electron chi connectivity index (χ3n) is 18.8. The highest BCUT2D eigenvalue weighted by Crippen LogP contribution is 2.42. The van der Waals surface area contributed by atoms with Crippen LogP contribution in [0.2, 0.25) is 0 Å². The Morgan fingerprint density at radius 2 is 0.845 bits per heavy atom. The molecular formula is C57H95N3O43. The first-order chi connectivity index (χ1) is 48.5. The van der Waals surface area contributed by atoms with Gasteiger partial charge in [0.25, 0.3) is 5.79 Å². The summed E-state index contributed by atoms with van der Waals surface area (Å²) in [7, 11) is 0. The van der Waals surface area contributed by atoms with Crippen molar-refractivity contribution in [2.75, 3.05) is 46.2 Å². The molecule has 27 N–H and O–H groups in total. The molecule has 0 radical (unpaired) electrons. The quantitative estimate of drug-likeness (QED) is 0.0363. The number of ether oxygens (including phenoxy) is 15. The predicted molar refractivity (Wildman–Crippen MR) is 315 cm³/mol. The van der Waals surface area contributed by atoms with Gasteiger partial charge in [-0.05, 0) is 6.92 Å². The Morgan fingerprint density at radius 1 is 0.417 bits per heavy atom. The van der Waals surface area contributed by atoms with E-state index in [4.69, 9.17) is 71.1 Å². The van der Waals surface area contributed by atoms with E-state index in [0.29, 0.717) is 0 Å². The molecule has 0 aliphatic carbocycles. The predicted octanol–water partition coefficient (Wildman–Crippen LogP) is -17.8. The minimum Gasteiger partial charge on any atom is -0.477 e. The molecule has 8 heterocycles. The first-order valence-corrected chi connectivity index (χ1v) is 32.6. The highest BCUT2D eigenvalue weighted by Gasteiger charge is 2.63. The van der Waals surface area contributed by atoms with Crippen molar-refractivity contribution >= 4 is 23.7 Å². The largest absolute Gasteiger partial charge is 0.477 e. The van der Waals surface area contributed by atoms with Crippen LogP contribution in [-0.4, -0.2) is 444 Å². The van der Waals surface area contributed by atoms with E-state index in [0.717, 1.165) is 20.8 Å². The van der Waals surface area contributed by atoms with Gasteiger partial charge >= 0.3 is 5.97 Å². The summed E-state index contributed by atoms with van der Waals surface area (Å²) in [6.45, 7) is -4.19. The van der Waals surface area contributed by atoms with Crippen LogP contribution in [0.3, 0.4) is 0 Å². The first-order valence-electron chi connectivity index (χ1n) is 32.6. The fourth-order valence-electron chi connectivity index (χ4n) is 13.2. The van der Waals surface area contributed by atoms with Gasteiger partial charge in [-0.25, -0.2) is 4.79 Å². The van der Waals surface area contributed by atoms with Crippen LogP contribution in [0.25, 0.3) is 0 Å². The number of aliphatic hydroxyl groups is 23. The van der Waals surface area contributed by atoms with Gasteiger partial charge in [0.15, 0.2) is 44.0 Å². The molecule has 0 aromatic carbocycles. The lowest BCUT2D eigenvalue weighted by molar-refractivity contribution is -0.398. The van der Waals surface area contributed by atoms with Gasteiger partial charge in [0, 0.05) is 27.2 Å². The maximum absolute atomic E-state index is 13.7. The van der Waals surface area contributed by atoms with E-state index < -0.39 is 327 Å². The summed E-state index contributed by atoms with van der Waals surface area (Å²) in [6.07, 6.45) is -80.0. The van der Waals surface area contributed by atoms with Crippen LogP contribution in [0.4, 0.5) is 0 Å². The topological polar surface area (TPSA) is 728 Å². The summed E-state index contributed by atoms with van der Waals surface area (Å²) >= 11 is 0. The van der Waals surface area contributed by atoms with E-state index in [-0.39, 0.29) is 0 Å². The number of carbonyl (C=O) groups is 4. The molecule has 8 rings (SSSR count). The van der Waals surface area contributed by atoms with Crippen LogP contribution in [0, 0.1) is 0 Å². The summed E-state index contributed by atoms with van der Waals surface area (Å²) in [5, 5.41) is 270. The average molecular weight is 1510 g/mol. The lowest BCUT2D eigenvalue weighted by Crippen LogP contribution is -2.73. The Morgan fingerprint density at radius 3 is 1.41 bits per heavy atom. The number of amides is 3. The second-order valence-electron chi connectivity index (χ2n) is 26.0. The van der Waals surface area contributed by atoms with Crippen molar-refractivity contribution in [2.45, 2.75) is 285 Å². The minimum atomic E-state index is -3.40. The molecule has 8 aliphatic heterocycles. The molecule has 41 atom stereocenters. The van der Waals surface area contributed by atoms with Crippen LogP contribution in [0.1, 0.15) is 34.1 Å². The summed E-state index contributed by atoms with van der Waals surface area (Å²) in [5.41, 5.74) is 0. The van der Waals surface area contributed by atoms with Crippen molar-refractivity contribution in [2.24, 2.45) is 0 Å². The summed E-state index contributed by atoms with van der Waals surface area (Å²) in [4.78, 5) is 52.8. The van der Waals surface area contributed by atoms with E-state index in [2.05, 4.69) is 16.0 Å². The van der Waals surface area contributed by atoms with Crippen LogP contribution in [0.15, 0.2) is 0 Å². The molecule has 8 saturated heterocycles. The van der Waals surface area contributed by atoms with Crippen molar-refractivity contribution in [1.29, 1.82) is 0 Å². The standard InChI is InChI=1S/C57H95N3O43/c1-13-28(72)34(78)39(83)52(90-13)101-48-36(80)31(75)20(8-63)94-55(48)98-44-26(59-15(3)68)50(92-21(9-64)32(44)76)89-12-24-33(77)47(41(85)54(96-24)97-42-22(10-65)91-49(86)38(82)37(42)81)100-51-27(60-16(4)69)46(99-53-40(84)35(79)30(74)19(7-62)93-53)43(23(11-66)95-51)102-57(56(87)88)5-17(70)25(58-14(2)67)45(103-57)29(73)18(71)6-61/h13,17-55,61-66,70-86H,5-12H2,1-4H3,(H,58,67)(H,59,68)(H,60,69)(H,87,88)/t13-,17-,18+,19+,20+,21+,22+,23+,24+,25+,26+,27+,28+,29+,30-,31-,32+,33+,34+,35-,36-,37+,38+,39-,40+,41+,42+,43+,44+,45+,46+,47-,48+,49?,50?,51?,52?,53?,54?,55?,57?/m0/s1. The highest BCUT2D eigenvalue weighted by atomic mass is 16.8. The van der Waals surface area contributed by atoms with E-state index in [1.165, 1.54) is 6.92 Å². The molecule has 3 amide bonds. The molecule has 0 bridgehead atoms. The zero-order valence-corrected chi connectivity index (χ0v) is 55.2. The fraction of sp³-hybridized carbons (Fsp3) is 0.930. The van der Waals surface area contributed by atoms with E-state index in [9.17, 15) is 142 Å². The maximum atomic E-state index is 13.7. The van der Waals surface area contributed by atoms with Gasteiger partial charge in [-0.15, -0.1) is 0 Å². The molecule has 8 aliphatic rings. The van der Waals surface area contributed by atoms with Crippen LogP contribution < -0.4 is 16.0 Å². The van der Waals surface area contributed by atoms with Crippen molar-refractivity contribution in [3.63, 3.8) is 0 Å². The molecule has 8 fully saturated rings. The normalized spacial score (nSPS) is 48.3. The number of carbonyl (C=O) groups excluding carboxylic acids is 3. The van der Waals surface area contributed by atoms with E-state index in [1.807, 2.05) is 0 Å². The zero-order valence-electron chi connectivity index (χ0n) is 55.2. The molecule has 0 aromatic heterocycles. The second kappa shape index (κ2) is 36.3. The first kappa shape index (κ1) is 85.0. The maximum Gasteiger partial charge on any atom is 0.364 e. The van der Waals surface area contributed by atoms with E-state index >= 15 is 0 Å². The summed E-state index contributed by atoms with van der Waals surface area (Å²) in [6, 6.07) is -5.94. The number of carboxylic acid groups (broad SMARTS) is 1. The lowest BCUT2D eigenvalue weighted by Gasteiger charge is -2.53. The van der Waals surface area contributed by atoms with Crippen LogP contribution in [-0.2, 0) is 90.2 Å². The van der Waals surface area contributed by atoms with Gasteiger partial charge < -0.3 is 210 Å². The van der Waals surface area contributed by atoms with Gasteiger partial charge in [0.05, 0.1) is 64.5 Å². The Bertz CT molecular complexity index is 2720. The third kappa shape index (κ3) is 18.5. The molecule has 0 saturated carbocycles. The Kier molecular flexibility index (Phi) is 29.9. The average Bonchev–Trinajstić information content (AvgIpc) is 0.752. The van der Waals surface area contributed by atoms with Gasteiger partial charge in [-0.3, -0.25) is 14.4 Å². The fourth-order valence-corrected chi connectivity index (χ4v) is 13.2. The lowest BCUT2D eigenvalue weighted by atomic mass is 9.88. The van der Waals surface area contributed by atoms with Crippen molar-refractivity contribution < 1.29 is 213 Å².